The molecule has 0 saturated carbocycles. The molecule has 0 aliphatic carbocycles. The second-order valence-corrected chi connectivity index (χ2v) is 3.45. The lowest BCUT2D eigenvalue weighted by Crippen LogP contribution is -2.06. The van der Waals surface area contributed by atoms with Gasteiger partial charge in [0.15, 0.2) is 0 Å². The lowest BCUT2D eigenvalue weighted by atomic mass is 10.1. The minimum absolute atomic E-state index is 0.337. The average molecular weight is 251 g/mol. The number of aliphatic imine (C=N–C) groups is 1. The molecule has 0 bridgehead atoms. The number of hydrogen-bond acceptors (Lipinski definition) is 5. The molecule has 1 rings (SSSR count). The first kappa shape index (κ1) is 13.4. The maximum Gasteiger partial charge on any atom is 0.341 e. The zero-order valence-corrected chi connectivity index (χ0v) is 10.8. The van der Waals surface area contributed by atoms with Crippen LogP contribution in [0, 0.1) is 6.92 Å². The maximum absolute atomic E-state index is 11.6. The lowest BCUT2D eigenvalue weighted by Gasteiger charge is -2.10. The van der Waals surface area contributed by atoms with E-state index in [0.29, 0.717) is 23.6 Å². The third kappa shape index (κ3) is 3.12. The molecule has 0 N–H and O–H groups in total. The van der Waals surface area contributed by atoms with Crippen molar-refractivity contribution in [3.8, 4) is 5.75 Å². The highest BCUT2D eigenvalue weighted by atomic mass is 32.1. The van der Waals surface area contributed by atoms with E-state index in [-0.39, 0.29) is 0 Å². The Balaban J connectivity index is 3.35. The van der Waals surface area contributed by atoms with Gasteiger partial charge in [-0.25, -0.2) is 4.79 Å². The summed E-state index contributed by atoms with van der Waals surface area (Å²) in [6.45, 7) is 4.17. The zero-order chi connectivity index (χ0) is 12.8. The molecular weight excluding hydrogens is 238 g/mol. The summed E-state index contributed by atoms with van der Waals surface area (Å²) in [7, 11) is 1.32. The Hall–Kier alpha value is -1.71. The molecule has 0 heterocycles. The summed E-state index contributed by atoms with van der Waals surface area (Å²) in [6.07, 6.45) is 0. The number of nitrogens with zero attached hydrogens (tertiary/aromatic N) is 1. The summed E-state index contributed by atoms with van der Waals surface area (Å²) in [4.78, 5) is 15.5. The number of thiocarbonyl (C=S) groups is 1. The molecule has 0 spiro atoms. The smallest absolute Gasteiger partial charge is 0.341 e. The van der Waals surface area contributed by atoms with Crippen molar-refractivity contribution in [1.29, 1.82) is 0 Å². The number of benzene rings is 1. The van der Waals surface area contributed by atoms with Crippen molar-refractivity contribution in [2.45, 2.75) is 13.8 Å². The van der Waals surface area contributed by atoms with Crippen LogP contribution >= 0.6 is 12.2 Å². The molecule has 0 unspecified atom stereocenters. The van der Waals surface area contributed by atoms with Crippen LogP contribution in [0.15, 0.2) is 17.1 Å². The van der Waals surface area contributed by atoms with Crippen LogP contribution in [0.25, 0.3) is 0 Å². The number of carbonyl (C=O) groups excluding carboxylic acids is 1. The van der Waals surface area contributed by atoms with Gasteiger partial charge in [0.25, 0.3) is 0 Å². The zero-order valence-electron chi connectivity index (χ0n) is 9.94. The minimum Gasteiger partial charge on any atom is -0.493 e. The fourth-order valence-electron chi connectivity index (χ4n) is 1.38. The van der Waals surface area contributed by atoms with Gasteiger partial charge >= 0.3 is 5.97 Å². The van der Waals surface area contributed by atoms with Gasteiger partial charge in [0, 0.05) is 0 Å². The van der Waals surface area contributed by atoms with Crippen LogP contribution in [0.4, 0.5) is 5.69 Å². The van der Waals surface area contributed by atoms with Crippen LogP contribution in [0.1, 0.15) is 22.8 Å². The van der Waals surface area contributed by atoms with E-state index in [1.54, 1.807) is 12.1 Å². The van der Waals surface area contributed by atoms with Gasteiger partial charge in [-0.15, -0.1) is 0 Å². The minimum atomic E-state index is -0.464. The van der Waals surface area contributed by atoms with Crippen molar-refractivity contribution in [2.75, 3.05) is 13.7 Å². The van der Waals surface area contributed by atoms with E-state index in [1.807, 2.05) is 13.8 Å². The number of ether oxygens (including phenoxy) is 2. The van der Waals surface area contributed by atoms with Crippen molar-refractivity contribution in [3.05, 3.63) is 23.3 Å². The first-order valence-corrected chi connectivity index (χ1v) is 5.48. The first-order valence-electron chi connectivity index (χ1n) is 5.07. The van der Waals surface area contributed by atoms with E-state index in [4.69, 9.17) is 4.74 Å². The quantitative estimate of drug-likeness (QED) is 0.469. The van der Waals surface area contributed by atoms with Gasteiger partial charge in [-0.05, 0) is 43.8 Å². The Morgan fingerprint density at radius 3 is 2.76 bits per heavy atom. The molecule has 5 heteroatoms. The van der Waals surface area contributed by atoms with E-state index in [0.717, 1.165) is 5.56 Å². The molecule has 0 radical (unpaired) electrons. The second kappa shape index (κ2) is 6.13. The van der Waals surface area contributed by atoms with E-state index in [1.165, 1.54) is 7.11 Å². The Morgan fingerprint density at radius 1 is 1.53 bits per heavy atom. The molecule has 1 aromatic rings. The molecule has 17 heavy (non-hydrogen) atoms. The Kier molecular flexibility index (Phi) is 4.82. The molecular formula is C12H13NO3S. The van der Waals surface area contributed by atoms with Crippen molar-refractivity contribution in [1.82, 2.24) is 0 Å². The molecule has 0 atom stereocenters. The first-order chi connectivity index (χ1) is 8.13. The standard InChI is InChI=1S/C12H13NO3S/c1-4-16-11-5-8(2)10(13-7-17)6-9(11)12(14)15-3/h5-6H,4H2,1-3H3. The van der Waals surface area contributed by atoms with Crippen molar-refractivity contribution >= 4 is 29.0 Å². The summed E-state index contributed by atoms with van der Waals surface area (Å²) in [5.74, 6) is 0.0226. The van der Waals surface area contributed by atoms with Crippen molar-refractivity contribution < 1.29 is 14.3 Å². The summed E-state index contributed by atoms with van der Waals surface area (Å²) in [6, 6.07) is 3.33. The monoisotopic (exact) mass is 251 g/mol. The molecule has 0 aliphatic rings. The summed E-state index contributed by atoms with van der Waals surface area (Å²) < 4.78 is 10.1. The number of aryl methyl sites for hydroxylation is 1. The van der Waals surface area contributed by atoms with E-state index >= 15 is 0 Å². The highest BCUT2D eigenvalue weighted by Gasteiger charge is 2.15. The maximum atomic E-state index is 11.6. The largest absolute Gasteiger partial charge is 0.493 e. The van der Waals surface area contributed by atoms with Gasteiger partial charge in [-0.3, -0.25) is 0 Å². The lowest BCUT2D eigenvalue weighted by molar-refractivity contribution is 0.0596. The summed E-state index contributed by atoms with van der Waals surface area (Å²) in [5, 5.41) is 2.28. The van der Waals surface area contributed by atoms with Crippen LogP contribution in [0.3, 0.4) is 0 Å². The Morgan fingerprint density at radius 2 is 2.24 bits per heavy atom. The van der Waals surface area contributed by atoms with E-state index in [2.05, 4.69) is 27.1 Å². The topological polar surface area (TPSA) is 47.9 Å². The fourth-order valence-corrected chi connectivity index (χ4v) is 1.48. The second-order valence-electron chi connectivity index (χ2n) is 3.26. The molecule has 0 fully saturated rings. The molecule has 0 saturated heterocycles. The highest BCUT2D eigenvalue weighted by molar-refractivity contribution is 7.78. The predicted octanol–water partition coefficient (Wildman–Crippen LogP) is 2.91. The van der Waals surface area contributed by atoms with Gasteiger partial charge in [-0.1, -0.05) is 0 Å². The average Bonchev–Trinajstić information content (AvgIpc) is 2.32. The van der Waals surface area contributed by atoms with Crippen molar-refractivity contribution in [2.24, 2.45) is 4.99 Å². The SMILES string of the molecule is CCOc1cc(C)c(N=C=S)cc1C(=O)OC. The molecule has 0 aromatic heterocycles. The van der Waals surface area contributed by atoms with Gasteiger partial charge in [0.1, 0.15) is 11.3 Å². The number of carbonyl (C=O) groups is 1. The summed E-state index contributed by atoms with van der Waals surface area (Å²) >= 11 is 4.55. The Bertz CT molecular complexity index is 479. The number of hydrogen-bond donors (Lipinski definition) is 0. The van der Waals surface area contributed by atoms with Crippen LogP contribution in [-0.4, -0.2) is 24.8 Å². The number of esters is 1. The third-order valence-electron chi connectivity index (χ3n) is 2.17. The Labute approximate surface area is 105 Å². The highest BCUT2D eigenvalue weighted by Crippen LogP contribution is 2.29. The van der Waals surface area contributed by atoms with E-state index in [9.17, 15) is 4.79 Å². The number of methoxy groups -OCH3 is 1. The summed E-state index contributed by atoms with van der Waals surface area (Å²) in [5.41, 5.74) is 1.78. The normalized spacial score (nSPS) is 9.35. The molecule has 0 amide bonds. The molecule has 1 aromatic carbocycles. The van der Waals surface area contributed by atoms with Gasteiger partial charge in [0.2, 0.25) is 0 Å². The third-order valence-corrected chi connectivity index (χ3v) is 2.26. The number of rotatable bonds is 4. The molecule has 90 valence electrons. The van der Waals surface area contributed by atoms with Gasteiger partial charge in [-0.2, -0.15) is 4.99 Å². The van der Waals surface area contributed by atoms with E-state index < -0.39 is 5.97 Å². The van der Waals surface area contributed by atoms with Gasteiger partial charge in [0.05, 0.1) is 24.6 Å². The fraction of sp³-hybridized carbons (Fsp3) is 0.333. The van der Waals surface area contributed by atoms with Crippen LogP contribution in [0.2, 0.25) is 0 Å². The van der Waals surface area contributed by atoms with Crippen LogP contribution in [-0.2, 0) is 4.74 Å². The predicted molar refractivity (Wildman–Crippen MR) is 68.4 cm³/mol. The molecule has 4 nitrogen and oxygen atoms in total. The van der Waals surface area contributed by atoms with Gasteiger partial charge < -0.3 is 9.47 Å². The number of isothiocyanates is 1. The van der Waals surface area contributed by atoms with Crippen LogP contribution < -0.4 is 4.74 Å². The van der Waals surface area contributed by atoms with Crippen LogP contribution in [0.5, 0.6) is 5.75 Å². The molecule has 0 aliphatic heterocycles. The van der Waals surface area contributed by atoms with Crippen molar-refractivity contribution in [3.63, 3.8) is 0 Å².